The van der Waals surface area contributed by atoms with E-state index in [1.807, 2.05) is 37.3 Å². The molecule has 0 atom stereocenters. The Hall–Kier alpha value is -3.10. The van der Waals surface area contributed by atoms with Crippen molar-refractivity contribution < 1.29 is 13.9 Å². The summed E-state index contributed by atoms with van der Waals surface area (Å²) in [4.78, 5) is 16.7. The SMILES string of the molecule is CCOc1ccc(-c2cc3c(SCC(=O)NCc4ccc(F)c(Cl)c4)nccn3n2)cc1. The summed E-state index contributed by atoms with van der Waals surface area (Å²) in [5.74, 6) is 0.352. The lowest BCUT2D eigenvalue weighted by Gasteiger charge is -2.06. The van der Waals surface area contributed by atoms with Crippen LogP contribution in [-0.4, -0.2) is 32.9 Å². The summed E-state index contributed by atoms with van der Waals surface area (Å²) in [7, 11) is 0. The van der Waals surface area contributed by atoms with E-state index >= 15 is 0 Å². The molecule has 1 amide bonds. The first-order valence-electron chi connectivity index (χ1n) is 9.94. The van der Waals surface area contributed by atoms with E-state index in [9.17, 15) is 9.18 Å². The number of carbonyl (C=O) groups excluding carboxylic acids is 1. The van der Waals surface area contributed by atoms with E-state index in [1.165, 1.54) is 23.9 Å². The molecule has 4 aromatic rings. The Morgan fingerprint density at radius 1 is 1.22 bits per heavy atom. The molecule has 32 heavy (non-hydrogen) atoms. The zero-order chi connectivity index (χ0) is 22.5. The first-order chi connectivity index (χ1) is 15.5. The van der Waals surface area contributed by atoms with Crippen molar-refractivity contribution in [1.29, 1.82) is 0 Å². The largest absolute Gasteiger partial charge is 0.494 e. The number of rotatable bonds is 8. The Kier molecular flexibility index (Phi) is 6.92. The van der Waals surface area contributed by atoms with Gasteiger partial charge in [-0.2, -0.15) is 5.10 Å². The van der Waals surface area contributed by atoms with Gasteiger partial charge in [-0.05, 0) is 55.0 Å². The van der Waals surface area contributed by atoms with Crippen molar-refractivity contribution in [3.8, 4) is 17.0 Å². The fourth-order valence-electron chi connectivity index (χ4n) is 3.07. The van der Waals surface area contributed by atoms with Gasteiger partial charge in [0.1, 0.15) is 16.6 Å². The molecule has 0 aliphatic carbocycles. The van der Waals surface area contributed by atoms with E-state index in [0.29, 0.717) is 11.6 Å². The lowest BCUT2D eigenvalue weighted by Crippen LogP contribution is -2.24. The van der Waals surface area contributed by atoms with Crippen LogP contribution in [0.3, 0.4) is 0 Å². The molecule has 164 valence electrons. The monoisotopic (exact) mass is 470 g/mol. The minimum absolute atomic E-state index is 0.0334. The second kappa shape index (κ2) is 10.0. The number of ether oxygens (including phenoxy) is 1. The van der Waals surface area contributed by atoms with E-state index < -0.39 is 5.82 Å². The van der Waals surface area contributed by atoms with Crippen LogP contribution in [-0.2, 0) is 11.3 Å². The molecule has 0 bridgehead atoms. The van der Waals surface area contributed by atoms with Crippen LogP contribution >= 0.6 is 23.4 Å². The number of halogens is 2. The van der Waals surface area contributed by atoms with Crippen LogP contribution in [0.4, 0.5) is 4.39 Å². The molecule has 0 radical (unpaired) electrons. The van der Waals surface area contributed by atoms with Crippen LogP contribution in [0.2, 0.25) is 5.02 Å². The molecule has 1 N–H and O–H groups in total. The lowest BCUT2D eigenvalue weighted by atomic mass is 10.1. The number of aromatic nitrogens is 3. The maximum Gasteiger partial charge on any atom is 0.230 e. The van der Waals surface area contributed by atoms with Crippen LogP contribution in [0.15, 0.2) is 66.0 Å². The van der Waals surface area contributed by atoms with Gasteiger partial charge in [0.05, 0.1) is 28.6 Å². The van der Waals surface area contributed by atoms with Crippen LogP contribution in [0, 0.1) is 5.82 Å². The predicted molar refractivity (Wildman–Crippen MR) is 124 cm³/mol. The molecule has 4 rings (SSSR count). The Labute approximate surface area is 193 Å². The molecule has 0 spiro atoms. The third kappa shape index (κ3) is 5.20. The summed E-state index contributed by atoms with van der Waals surface area (Å²) in [6, 6.07) is 14.1. The van der Waals surface area contributed by atoms with Gasteiger partial charge in [0.15, 0.2) is 0 Å². The fourth-order valence-corrected chi connectivity index (χ4v) is 4.08. The van der Waals surface area contributed by atoms with Gasteiger partial charge >= 0.3 is 0 Å². The van der Waals surface area contributed by atoms with Crippen molar-refractivity contribution in [3.05, 3.63) is 77.3 Å². The molecular formula is C23H20ClFN4O2S. The molecule has 0 aliphatic heterocycles. The van der Waals surface area contributed by atoms with Crippen molar-refractivity contribution in [2.75, 3.05) is 12.4 Å². The average Bonchev–Trinajstić information content (AvgIpc) is 3.24. The van der Waals surface area contributed by atoms with Crippen molar-refractivity contribution in [3.63, 3.8) is 0 Å². The van der Waals surface area contributed by atoms with Crippen LogP contribution in [0.1, 0.15) is 12.5 Å². The Morgan fingerprint density at radius 2 is 2.03 bits per heavy atom. The van der Waals surface area contributed by atoms with Gasteiger partial charge in [-0.15, -0.1) is 0 Å². The second-order valence-corrected chi connectivity index (χ2v) is 8.23. The summed E-state index contributed by atoms with van der Waals surface area (Å²) in [6.45, 7) is 2.83. The highest BCUT2D eigenvalue weighted by Crippen LogP contribution is 2.27. The zero-order valence-corrected chi connectivity index (χ0v) is 18.8. The highest BCUT2D eigenvalue weighted by molar-refractivity contribution is 8.00. The highest BCUT2D eigenvalue weighted by Gasteiger charge is 2.12. The quantitative estimate of drug-likeness (QED) is 0.367. The Bertz CT molecular complexity index is 1250. The number of nitrogens with one attached hydrogen (secondary N) is 1. The number of hydrogen-bond acceptors (Lipinski definition) is 5. The van der Waals surface area contributed by atoms with Gasteiger partial charge in [-0.1, -0.05) is 29.4 Å². The number of fused-ring (bicyclic) bond motifs is 1. The van der Waals surface area contributed by atoms with Crippen molar-refractivity contribution in [2.24, 2.45) is 0 Å². The van der Waals surface area contributed by atoms with Gasteiger partial charge in [0.2, 0.25) is 5.91 Å². The van der Waals surface area contributed by atoms with Crippen LogP contribution in [0.25, 0.3) is 16.8 Å². The number of hydrogen-bond donors (Lipinski definition) is 1. The van der Waals surface area contributed by atoms with Crippen molar-refractivity contribution in [1.82, 2.24) is 19.9 Å². The van der Waals surface area contributed by atoms with Crippen molar-refractivity contribution >= 4 is 34.8 Å². The maximum absolute atomic E-state index is 13.3. The van der Waals surface area contributed by atoms with E-state index in [-0.39, 0.29) is 23.2 Å². The lowest BCUT2D eigenvalue weighted by molar-refractivity contribution is -0.118. The van der Waals surface area contributed by atoms with E-state index in [1.54, 1.807) is 23.0 Å². The smallest absolute Gasteiger partial charge is 0.230 e. The molecule has 2 aromatic carbocycles. The molecule has 2 aromatic heterocycles. The molecule has 0 saturated carbocycles. The fraction of sp³-hybridized carbons (Fsp3) is 0.174. The van der Waals surface area contributed by atoms with Gasteiger partial charge in [0.25, 0.3) is 0 Å². The van der Waals surface area contributed by atoms with Crippen LogP contribution in [0.5, 0.6) is 5.75 Å². The second-order valence-electron chi connectivity index (χ2n) is 6.86. The molecule has 0 unspecified atom stereocenters. The summed E-state index contributed by atoms with van der Waals surface area (Å²) < 4.78 is 20.5. The zero-order valence-electron chi connectivity index (χ0n) is 17.2. The third-order valence-electron chi connectivity index (χ3n) is 4.63. The topological polar surface area (TPSA) is 68.5 Å². The Morgan fingerprint density at radius 3 is 2.78 bits per heavy atom. The summed E-state index contributed by atoms with van der Waals surface area (Å²) in [6.07, 6.45) is 3.43. The minimum atomic E-state index is -0.484. The molecule has 2 heterocycles. The molecule has 9 heteroatoms. The van der Waals surface area contributed by atoms with Crippen molar-refractivity contribution in [2.45, 2.75) is 18.5 Å². The minimum Gasteiger partial charge on any atom is -0.494 e. The van der Waals surface area contributed by atoms with Gasteiger partial charge in [-0.3, -0.25) is 4.79 Å². The number of thioether (sulfide) groups is 1. The highest BCUT2D eigenvalue weighted by atomic mass is 35.5. The van der Waals surface area contributed by atoms with Gasteiger partial charge in [0, 0.05) is 24.5 Å². The standard InChI is InChI=1S/C23H20ClFN4O2S/c1-2-31-17-6-4-16(5-7-17)20-12-21-23(26-9-10-29(21)28-20)32-14-22(30)27-13-15-3-8-19(25)18(24)11-15/h3-12H,2,13-14H2,1H3,(H,27,30). The summed E-state index contributed by atoms with van der Waals surface area (Å²) in [5.41, 5.74) is 3.31. The number of amides is 1. The maximum atomic E-state index is 13.3. The first kappa shape index (κ1) is 22.1. The van der Waals surface area contributed by atoms with Crippen LogP contribution < -0.4 is 10.1 Å². The Balaban J connectivity index is 1.41. The molecule has 0 aliphatic rings. The molecule has 0 saturated heterocycles. The number of benzene rings is 2. The molecular weight excluding hydrogens is 451 g/mol. The van der Waals surface area contributed by atoms with E-state index in [0.717, 1.165) is 28.1 Å². The first-order valence-corrected chi connectivity index (χ1v) is 11.3. The third-order valence-corrected chi connectivity index (χ3v) is 5.91. The summed E-state index contributed by atoms with van der Waals surface area (Å²) in [5, 5.41) is 8.16. The number of carbonyl (C=O) groups is 1. The predicted octanol–water partition coefficient (Wildman–Crippen LogP) is 5.00. The van der Waals surface area contributed by atoms with E-state index in [2.05, 4.69) is 15.4 Å². The van der Waals surface area contributed by atoms with E-state index in [4.69, 9.17) is 16.3 Å². The average molecular weight is 471 g/mol. The van der Waals surface area contributed by atoms with Gasteiger partial charge in [-0.25, -0.2) is 13.9 Å². The van der Waals surface area contributed by atoms with Gasteiger partial charge < -0.3 is 10.1 Å². The summed E-state index contributed by atoms with van der Waals surface area (Å²) >= 11 is 7.11. The molecule has 0 fully saturated rings. The molecule has 6 nitrogen and oxygen atoms in total. The normalized spacial score (nSPS) is 11.0. The number of nitrogens with zero attached hydrogens (tertiary/aromatic N) is 3.